The number of hydrogen-bond donors (Lipinski definition) is 14. The lowest BCUT2D eigenvalue weighted by Gasteiger charge is -2.33. The van der Waals surface area contributed by atoms with Gasteiger partial charge in [-0.05, 0) is 155 Å². The SMILES string of the molecule is CCc1cc(OCCCCn2cc(COCCOCCOCCOCCOCCOCCOCCOCCN)nn2)ccc1-c1ccc(C[C@H](CC(=O)[C@H](CC(=O)O)NC(=O)[C@H](CO)CC(=O)[C@@H](NC(=O)[C@@](C)(CC(=O)[C@@H](NC(=O)CCC(=O)[C@H](Cc2nn[nH]n2)NC(=O)C(C)(C)CC(=O)[C@@H](N)Cc2ccc(O)cc2)[C@@H](C)O)Cc2ccccc2F)[C@@H](C)O)C(=O)N[C@@H](CCCc2cc(C)cc(C)c2)C(N)=O)cc1. The van der Waals surface area contributed by atoms with Crippen molar-refractivity contribution < 1.29 is 130 Å². The number of phenolic OH excluding ortho intramolecular Hbond substituents is 1. The highest BCUT2D eigenvalue weighted by Gasteiger charge is 2.44. The summed E-state index contributed by atoms with van der Waals surface area (Å²) in [6, 6.07) is 20.8. The van der Waals surface area contributed by atoms with E-state index in [0.717, 1.165) is 59.7 Å². The summed E-state index contributed by atoms with van der Waals surface area (Å²) in [6.07, 6.45) is -4.93. The standard InChI is InChI=1S/C102H144FN15O26/c1-9-72-54-79(144-33-13-12-32-118-62-77(112-117-118)64-143-48-47-142-46-45-141-44-43-140-42-41-139-40-39-138-38-37-137-36-35-136-34-31-104)27-28-80(72)73-23-19-69(20-24-73)52-75(97(132)107-83(96(106)131)18-14-15-71-50-65(2)49-66(3)51-71)55-87(124)85(58-93(129)130)108-98(133)76(63-119)56-88(125)94(67(4)120)111-100(135)102(8,59-74-16-10-11-17-81(74)103)61-90(127)95(68(5)121)110-92(128)30-29-86(123)84(57-91-113-115-116-114-91)109-99(134)101(6,7)60-89(126)82(105)53-70-21-25-78(122)26-22-70/h10-11,16-17,19-28,49-51,54,62,67-68,75-76,82-85,94-95,119-122H,9,12-15,18,29-48,52-53,55-61,63-64,104-105H2,1-8H3,(H2,106,131)(H,107,132)(H,108,133)(H,109,134)(H,110,128)(H,111,135)(H,129,130)(H,113,114,115,116)/t67-,68-,75-,76+,82+,83+,84+,85+,94+,95+,102-/m1/s1. The van der Waals surface area contributed by atoms with E-state index in [4.69, 9.17) is 59.8 Å². The number of aliphatic carboxylic acids is 1. The number of hydrogen-bond acceptors (Lipinski definition) is 32. The van der Waals surface area contributed by atoms with Crippen LogP contribution in [0.5, 0.6) is 11.5 Å². The van der Waals surface area contributed by atoms with E-state index < -0.39 is 199 Å². The van der Waals surface area contributed by atoms with Gasteiger partial charge in [0.2, 0.25) is 35.4 Å². The fourth-order valence-electron chi connectivity index (χ4n) is 15.9. The van der Waals surface area contributed by atoms with Crippen LogP contribution in [0, 0.1) is 42.3 Å². The maximum Gasteiger partial charge on any atom is 0.305 e. The maximum absolute atomic E-state index is 15.7. The molecule has 5 aromatic carbocycles. The van der Waals surface area contributed by atoms with Gasteiger partial charge in [-0.15, -0.1) is 15.3 Å². The van der Waals surface area contributed by atoms with Crippen molar-refractivity contribution in [3.8, 4) is 22.6 Å². The molecule has 0 unspecified atom stereocenters. The lowest BCUT2D eigenvalue weighted by Crippen LogP contribution is -2.55. The van der Waals surface area contributed by atoms with Gasteiger partial charge >= 0.3 is 5.97 Å². The molecule has 41 nitrogen and oxygen atoms in total. The number of nitrogens with zero attached hydrogens (tertiary/aromatic N) is 6. The molecule has 0 aliphatic rings. The number of halogens is 1. The molecule has 11 atom stereocenters. The van der Waals surface area contributed by atoms with E-state index in [0.29, 0.717) is 167 Å². The van der Waals surface area contributed by atoms with Gasteiger partial charge in [0.15, 0.2) is 34.7 Å². The zero-order valence-electron chi connectivity index (χ0n) is 83.5. The number of ketones is 5. The number of amides is 6. The van der Waals surface area contributed by atoms with Crippen LogP contribution < -0.4 is 48.5 Å². The molecule has 0 spiro atoms. The first-order chi connectivity index (χ1) is 68.9. The van der Waals surface area contributed by atoms with Crippen LogP contribution in [-0.4, -0.2) is 299 Å². The summed E-state index contributed by atoms with van der Waals surface area (Å²) < 4.78 is 67.8. The van der Waals surface area contributed by atoms with Gasteiger partial charge in [-0.1, -0.05) is 128 Å². The van der Waals surface area contributed by atoms with Gasteiger partial charge in [-0.2, -0.15) is 5.21 Å². The van der Waals surface area contributed by atoms with Crippen molar-refractivity contribution in [2.24, 2.45) is 39.9 Å². The fourth-order valence-corrected chi connectivity index (χ4v) is 15.9. The van der Waals surface area contributed by atoms with Crippen molar-refractivity contribution in [2.75, 3.05) is 119 Å². The minimum Gasteiger partial charge on any atom is -0.508 e. The van der Waals surface area contributed by atoms with E-state index in [9.17, 15) is 83.1 Å². The minimum absolute atomic E-state index is 0.0116. The third-order valence-corrected chi connectivity index (χ3v) is 23.8. The molecule has 2 aromatic heterocycles. The van der Waals surface area contributed by atoms with E-state index in [1.165, 1.54) is 51.1 Å². The molecule has 7 aromatic rings. The number of nitrogens with one attached hydrogen (secondary N) is 6. The third kappa shape index (κ3) is 43.1. The molecular weight excluding hydrogens is 1870 g/mol. The molecule has 0 saturated carbocycles. The quantitative estimate of drug-likeness (QED) is 0.0238. The second-order valence-electron chi connectivity index (χ2n) is 36.6. The summed E-state index contributed by atoms with van der Waals surface area (Å²) in [6.45, 7) is 19.6. The van der Waals surface area contributed by atoms with E-state index in [1.807, 2.05) is 75.5 Å². The summed E-state index contributed by atoms with van der Waals surface area (Å²) in [7, 11) is 0. The van der Waals surface area contributed by atoms with E-state index in [1.54, 1.807) is 28.9 Å². The van der Waals surface area contributed by atoms with Crippen LogP contribution in [0.25, 0.3) is 11.1 Å². The Kier molecular flexibility index (Phi) is 52.3. The average Bonchev–Trinajstić information content (AvgIpc) is 0.849. The molecule has 0 radical (unpaired) electrons. The van der Waals surface area contributed by atoms with Gasteiger partial charge in [0.25, 0.3) is 0 Å². The predicted molar refractivity (Wildman–Crippen MR) is 524 cm³/mol. The number of aryl methyl sites for hydroxylation is 5. The number of nitrogens with two attached hydrogens (primary N) is 3. The van der Waals surface area contributed by atoms with E-state index in [2.05, 4.69) is 57.5 Å². The number of phenols is 1. The molecule has 2 heterocycles. The summed E-state index contributed by atoms with van der Waals surface area (Å²) >= 11 is 0. The normalized spacial score (nSPS) is 14.1. The molecule has 0 saturated heterocycles. The van der Waals surface area contributed by atoms with Crippen molar-refractivity contribution in [3.63, 3.8) is 0 Å². The first-order valence-electron chi connectivity index (χ1n) is 48.6. The van der Waals surface area contributed by atoms with Crippen LogP contribution >= 0.6 is 0 Å². The number of aromatic hydroxyl groups is 1. The Hall–Kier alpha value is -12.0. The molecule has 7 rings (SSSR count). The first kappa shape index (κ1) is 119. The number of aliphatic hydroxyl groups excluding tert-OH is 3. The molecule has 144 heavy (non-hydrogen) atoms. The summed E-state index contributed by atoms with van der Waals surface area (Å²) in [5.74, 6) is -15.1. The number of carbonyl (C=O) groups excluding carboxylic acids is 11. The Bertz CT molecular complexity index is 5160. The maximum atomic E-state index is 15.7. The van der Waals surface area contributed by atoms with Crippen LogP contribution in [0.3, 0.4) is 0 Å². The Morgan fingerprint density at radius 1 is 0.549 bits per heavy atom. The molecule has 17 N–H and O–H groups in total. The molecule has 0 fully saturated rings. The molecule has 6 amide bonds. The van der Waals surface area contributed by atoms with Crippen molar-refractivity contribution in [2.45, 2.75) is 226 Å². The number of aromatic nitrogens is 7. The number of tetrazole rings is 1. The lowest BCUT2D eigenvalue weighted by atomic mass is 9.76. The largest absolute Gasteiger partial charge is 0.508 e. The third-order valence-electron chi connectivity index (χ3n) is 23.8. The number of rotatable bonds is 76. The average molecular weight is 2020 g/mol. The first-order valence-corrected chi connectivity index (χ1v) is 48.6. The highest BCUT2D eigenvalue weighted by molar-refractivity contribution is 6.00. The number of aliphatic hydroxyl groups is 3. The number of benzene rings is 5. The zero-order valence-corrected chi connectivity index (χ0v) is 83.5. The highest BCUT2D eigenvalue weighted by Crippen LogP contribution is 2.34. The number of carboxylic acid groups (broad SMARTS) is 1. The minimum atomic E-state index is -2.13. The summed E-state index contributed by atoms with van der Waals surface area (Å²) in [5.41, 5.74) is 21.4. The van der Waals surface area contributed by atoms with Crippen molar-refractivity contribution in [1.82, 2.24) is 62.2 Å². The van der Waals surface area contributed by atoms with Crippen molar-refractivity contribution in [3.05, 3.63) is 172 Å². The van der Waals surface area contributed by atoms with E-state index >= 15 is 4.39 Å². The number of aromatic amines is 1. The molecule has 0 bridgehead atoms. The summed E-state index contributed by atoms with van der Waals surface area (Å²) in [4.78, 5) is 169. The number of carbonyl (C=O) groups is 12. The van der Waals surface area contributed by atoms with Crippen LogP contribution in [0.4, 0.5) is 4.39 Å². The Balaban J connectivity index is 0.937. The van der Waals surface area contributed by atoms with Gasteiger partial charge < -0.3 is 112 Å². The van der Waals surface area contributed by atoms with Crippen LogP contribution in [-0.2, 0) is 147 Å². The topological polar surface area (TPSA) is 612 Å². The monoisotopic (exact) mass is 2010 g/mol. The van der Waals surface area contributed by atoms with Crippen LogP contribution in [0.15, 0.2) is 115 Å². The summed E-state index contributed by atoms with van der Waals surface area (Å²) in [5, 5.41) is 87.6. The van der Waals surface area contributed by atoms with Gasteiger partial charge in [-0.3, -0.25) is 62.2 Å². The number of unbranched alkanes of at least 4 members (excludes halogenated alkanes) is 1. The Morgan fingerprint density at radius 3 is 1.69 bits per heavy atom. The number of ether oxygens (including phenoxy) is 9. The number of H-pyrrole nitrogens is 1. The Labute approximate surface area is 837 Å². The molecule has 42 heteroatoms. The second kappa shape index (κ2) is 63.3. The van der Waals surface area contributed by atoms with Crippen LogP contribution in [0.2, 0.25) is 0 Å². The lowest BCUT2D eigenvalue weighted by molar-refractivity contribution is -0.142. The van der Waals surface area contributed by atoms with Crippen molar-refractivity contribution >= 4 is 70.3 Å². The Morgan fingerprint density at radius 2 is 1.12 bits per heavy atom. The highest BCUT2D eigenvalue weighted by atomic mass is 19.1. The molecule has 790 valence electrons. The van der Waals surface area contributed by atoms with Gasteiger partial charge in [0.05, 0.1) is 179 Å². The number of carboxylic acids is 1. The van der Waals surface area contributed by atoms with Gasteiger partial charge in [0, 0.05) is 64.0 Å². The molecule has 0 aliphatic carbocycles. The predicted octanol–water partition coefficient (Wildman–Crippen LogP) is 4.14. The van der Waals surface area contributed by atoms with Gasteiger partial charge in [0.1, 0.15) is 41.1 Å². The van der Waals surface area contributed by atoms with Crippen molar-refractivity contribution in [1.29, 1.82) is 0 Å². The van der Waals surface area contributed by atoms with E-state index in [-0.39, 0.29) is 55.8 Å². The molecular formula is C102H144FN15O26. The number of Topliss-reactive ketones (excluding diaryl/α,β-unsaturated/α-hetero) is 5. The smallest absolute Gasteiger partial charge is 0.305 e. The second-order valence-corrected chi connectivity index (χ2v) is 36.6. The van der Waals surface area contributed by atoms with Crippen LogP contribution in [0.1, 0.15) is 163 Å². The molecule has 0 aliphatic heterocycles. The fraction of sp³-hybridized carbons (Fsp3) is 0.559. The zero-order chi connectivity index (χ0) is 105. The number of primary amides is 1. The van der Waals surface area contributed by atoms with Gasteiger partial charge in [-0.25, -0.2) is 4.39 Å².